The predicted molar refractivity (Wildman–Crippen MR) is 107 cm³/mol. The van der Waals surface area contributed by atoms with Crippen molar-refractivity contribution in [1.29, 1.82) is 0 Å². The van der Waals surface area contributed by atoms with Crippen LogP contribution in [-0.2, 0) is 4.79 Å². The summed E-state index contributed by atoms with van der Waals surface area (Å²) in [6, 6.07) is 13.1. The van der Waals surface area contributed by atoms with Crippen molar-refractivity contribution < 1.29 is 14.1 Å². The first-order chi connectivity index (χ1) is 12.8. The molecule has 0 radical (unpaired) electrons. The monoisotopic (exact) mass is 360 g/mol. The fourth-order valence-electron chi connectivity index (χ4n) is 3.45. The number of quaternary nitrogens is 1. The molecular formula is C22H22N3O2+. The third kappa shape index (κ3) is 3.22. The largest absolute Gasteiger partial charge is 0.330 e. The number of carbonyl (C=O) groups is 2. The quantitative estimate of drug-likeness (QED) is 0.567. The molecule has 0 saturated heterocycles. The third-order valence-corrected chi connectivity index (χ3v) is 4.85. The van der Waals surface area contributed by atoms with E-state index in [9.17, 15) is 9.59 Å². The van der Waals surface area contributed by atoms with E-state index >= 15 is 0 Å². The van der Waals surface area contributed by atoms with Gasteiger partial charge in [-0.15, -0.1) is 0 Å². The topological polar surface area (TPSA) is 59.1 Å². The molecule has 0 saturated carbocycles. The van der Waals surface area contributed by atoms with E-state index in [4.69, 9.17) is 0 Å². The van der Waals surface area contributed by atoms with E-state index in [0.29, 0.717) is 23.2 Å². The lowest BCUT2D eigenvalue weighted by Crippen LogP contribution is -2.37. The number of nitrogens with one attached hydrogen (secondary N) is 1. The standard InChI is InChI=1S/C22H21N3O2/c1-25(2,3)12-10-19(26)24-15-7-8-16-18(13-15)22(27)17-6-4-5-14-9-11-23-21(16)20(14)17/h4-9,11,13H,10,12H2,1-3H3/p+1. The number of nitrogens with zero attached hydrogens (tertiary/aromatic N) is 2. The Balaban J connectivity index is 1.69. The molecule has 136 valence electrons. The molecule has 1 aliphatic carbocycles. The number of hydrogen-bond donors (Lipinski definition) is 1. The first-order valence-electron chi connectivity index (χ1n) is 9.01. The van der Waals surface area contributed by atoms with Crippen molar-refractivity contribution in [2.45, 2.75) is 6.42 Å². The highest BCUT2D eigenvalue weighted by molar-refractivity contribution is 6.25. The number of hydrogen-bond acceptors (Lipinski definition) is 3. The molecule has 0 atom stereocenters. The Bertz CT molecular complexity index is 1080. The molecule has 1 heterocycles. The number of amides is 1. The predicted octanol–water partition coefficient (Wildman–Crippen LogP) is 3.48. The Morgan fingerprint density at radius 1 is 1.04 bits per heavy atom. The van der Waals surface area contributed by atoms with Gasteiger partial charge in [0.1, 0.15) is 0 Å². The van der Waals surface area contributed by atoms with E-state index < -0.39 is 0 Å². The molecule has 1 aromatic heterocycles. The minimum absolute atomic E-state index is 0.0291. The number of fused-ring (bicyclic) bond motifs is 2. The molecule has 0 unspecified atom stereocenters. The Hall–Kier alpha value is -3.05. The van der Waals surface area contributed by atoms with Crippen LogP contribution in [0.2, 0.25) is 0 Å². The summed E-state index contributed by atoms with van der Waals surface area (Å²) in [5, 5.41) is 4.82. The molecule has 0 spiro atoms. The Kier molecular flexibility index (Phi) is 4.04. The second-order valence-electron chi connectivity index (χ2n) is 7.96. The van der Waals surface area contributed by atoms with E-state index in [1.807, 2.05) is 36.4 Å². The highest BCUT2D eigenvalue weighted by Crippen LogP contribution is 2.38. The molecule has 2 aromatic carbocycles. The second kappa shape index (κ2) is 6.28. The lowest BCUT2D eigenvalue weighted by Gasteiger charge is -2.23. The SMILES string of the molecule is C[N+](C)(C)CCC(=O)Nc1ccc2c(c1)C(=O)c1cccc3ccnc-2c13. The number of aromatic nitrogens is 1. The molecule has 1 aliphatic rings. The number of benzene rings is 2. The molecule has 27 heavy (non-hydrogen) atoms. The van der Waals surface area contributed by atoms with Gasteiger partial charge in [0.15, 0.2) is 5.78 Å². The first kappa shape index (κ1) is 17.4. The Labute approximate surface area is 158 Å². The average Bonchev–Trinajstić information content (AvgIpc) is 2.64. The van der Waals surface area contributed by atoms with Crippen molar-refractivity contribution in [1.82, 2.24) is 4.98 Å². The fourth-order valence-corrected chi connectivity index (χ4v) is 3.45. The number of carbonyl (C=O) groups excluding carboxylic acids is 2. The van der Waals surface area contributed by atoms with Crippen LogP contribution in [0, 0.1) is 0 Å². The van der Waals surface area contributed by atoms with Crippen molar-refractivity contribution in [3.05, 3.63) is 59.8 Å². The van der Waals surface area contributed by atoms with Crippen molar-refractivity contribution in [2.24, 2.45) is 0 Å². The fraction of sp³-hybridized carbons (Fsp3) is 0.227. The molecule has 0 aliphatic heterocycles. The summed E-state index contributed by atoms with van der Waals surface area (Å²) in [7, 11) is 6.15. The third-order valence-electron chi connectivity index (χ3n) is 4.85. The van der Waals surface area contributed by atoms with Crippen LogP contribution in [0.15, 0.2) is 48.7 Å². The molecule has 5 heteroatoms. The summed E-state index contributed by atoms with van der Waals surface area (Å²) >= 11 is 0. The average molecular weight is 360 g/mol. The highest BCUT2D eigenvalue weighted by atomic mass is 16.1. The normalized spacial score (nSPS) is 12.8. The van der Waals surface area contributed by atoms with Crippen LogP contribution in [-0.4, -0.2) is 48.8 Å². The maximum absolute atomic E-state index is 13.0. The molecule has 0 fully saturated rings. The van der Waals surface area contributed by atoms with E-state index in [2.05, 4.69) is 31.4 Å². The van der Waals surface area contributed by atoms with Gasteiger partial charge in [-0.3, -0.25) is 14.6 Å². The highest BCUT2D eigenvalue weighted by Gasteiger charge is 2.26. The van der Waals surface area contributed by atoms with Gasteiger partial charge < -0.3 is 9.80 Å². The molecule has 3 aromatic rings. The number of rotatable bonds is 4. The maximum Gasteiger partial charge on any atom is 0.230 e. The van der Waals surface area contributed by atoms with Crippen LogP contribution < -0.4 is 5.32 Å². The Morgan fingerprint density at radius 3 is 2.63 bits per heavy atom. The van der Waals surface area contributed by atoms with Crippen LogP contribution >= 0.6 is 0 Å². The van der Waals surface area contributed by atoms with Gasteiger partial charge in [-0.05, 0) is 29.7 Å². The number of pyridine rings is 1. The molecule has 5 nitrogen and oxygen atoms in total. The van der Waals surface area contributed by atoms with E-state index in [-0.39, 0.29) is 11.7 Å². The summed E-state index contributed by atoms with van der Waals surface area (Å²) < 4.78 is 0.725. The zero-order valence-electron chi connectivity index (χ0n) is 15.7. The summed E-state index contributed by atoms with van der Waals surface area (Å²) in [6.45, 7) is 0.745. The molecular weight excluding hydrogens is 338 g/mol. The summed E-state index contributed by atoms with van der Waals surface area (Å²) in [4.78, 5) is 29.8. The van der Waals surface area contributed by atoms with Crippen molar-refractivity contribution >= 4 is 28.2 Å². The first-order valence-corrected chi connectivity index (χ1v) is 9.01. The van der Waals surface area contributed by atoms with Gasteiger partial charge in [-0.1, -0.05) is 18.2 Å². The van der Waals surface area contributed by atoms with Crippen LogP contribution in [0.25, 0.3) is 22.0 Å². The van der Waals surface area contributed by atoms with E-state index in [0.717, 1.165) is 33.1 Å². The van der Waals surface area contributed by atoms with Crippen LogP contribution in [0.3, 0.4) is 0 Å². The number of ketones is 1. The molecule has 1 amide bonds. The van der Waals surface area contributed by atoms with Gasteiger partial charge in [0.05, 0.1) is 39.8 Å². The summed E-state index contributed by atoms with van der Waals surface area (Å²) in [5.74, 6) is -0.0783. The van der Waals surface area contributed by atoms with E-state index in [1.165, 1.54) is 0 Å². The lowest BCUT2D eigenvalue weighted by molar-refractivity contribution is -0.869. The zero-order chi connectivity index (χ0) is 19.2. The number of anilines is 1. The van der Waals surface area contributed by atoms with Crippen molar-refractivity contribution in [3.8, 4) is 11.3 Å². The van der Waals surface area contributed by atoms with Crippen LogP contribution in [0.4, 0.5) is 5.69 Å². The van der Waals surface area contributed by atoms with Crippen molar-refractivity contribution in [3.63, 3.8) is 0 Å². The smallest absolute Gasteiger partial charge is 0.230 e. The van der Waals surface area contributed by atoms with Gasteiger partial charge in [0, 0.05) is 34.0 Å². The molecule has 1 N–H and O–H groups in total. The van der Waals surface area contributed by atoms with Gasteiger partial charge >= 0.3 is 0 Å². The van der Waals surface area contributed by atoms with E-state index in [1.54, 1.807) is 12.3 Å². The second-order valence-corrected chi connectivity index (χ2v) is 7.96. The van der Waals surface area contributed by atoms with Crippen LogP contribution in [0.1, 0.15) is 22.3 Å². The van der Waals surface area contributed by atoms with Crippen LogP contribution in [0.5, 0.6) is 0 Å². The van der Waals surface area contributed by atoms with Gasteiger partial charge in [-0.2, -0.15) is 0 Å². The summed E-state index contributed by atoms with van der Waals surface area (Å²) in [6.07, 6.45) is 2.19. The lowest BCUT2D eigenvalue weighted by atomic mass is 9.85. The maximum atomic E-state index is 13.0. The summed E-state index contributed by atoms with van der Waals surface area (Å²) in [5.41, 5.74) is 3.52. The minimum atomic E-state index is -0.0492. The minimum Gasteiger partial charge on any atom is -0.330 e. The van der Waals surface area contributed by atoms with Gasteiger partial charge in [0.25, 0.3) is 0 Å². The van der Waals surface area contributed by atoms with Crippen molar-refractivity contribution in [2.75, 3.05) is 33.0 Å². The molecule has 4 rings (SSSR count). The van der Waals surface area contributed by atoms with Gasteiger partial charge in [-0.25, -0.2) is 0 Å². The Morgan fingerprint density at radius 2 is 1.85 bits per heavy atom. The molecule has 0 bridgehead atoms. The van der Waals surface area contributed by atoms with Gasteiger partial charge in [0.2, 0.25) is 5.91 Å². The zero-order valence-corrected chi connectivity index (χ0v) is 15.7.